The Morgan fingerprint density at radius 1 is 0.453 bits per heavy atom. The molecule has 1 aliphatic carbocycles. The van der Waals surface area contributed by atoms with Crippen LogP contribution in [0.2, 0.25) is 0 Å². The van der Waals surface area contributed by atoms with Gasteiger partial charge in [-0.05, 0) is 82.4 Å². The van der Waals surface area contributed by atoms with E-state index < -0.39 is 5.41 Å². The molecule has 5 heterocycles. The molecule has 1 aliphatic heterocycles. The van der Waals surface area contributed by atoms with Crippen molar-refractivity contribution in [1.29, 1.82) is 0 Å². The second kappa shape index (κ2) is 10.5. The van der Waals surface area contributed by atoms with Crippen LogP contribution >= 0.6 is 0 Å². The van der Waals surface area contributed by atoms with E-state index in [0.717, 1.165) is 88.8 Å². The number of pyridine rings is 3. The number of para-hydroxylation sites is 1. The van der Waals surface area contributed by atoms with E-state index >= 15 is 0 Å². The van der Waals surface area contributed by atoms with Crippen LogP contribution in [-0.4, -0.2) is 19.9 Å². The lowest BCUT2D eigenvalue weighted by Gasteiger charge is -2.39. The lowest BCUT2D eigenvalue weighted by molar-refractivity contribution is 0.436. The number of hydrogen-bond acceptors (Lipinski definition) is 4. The van der Waals surface area contributed by atoms with Crippen LogP contribution < -0.4 is 4.74 Å². The second-order valence-electron chi connectivity index (χ2n) is 14.1. The highest BCUT2D eigenvalue weighted by atomic mass is 16.5. The van der Waals surface area contributed by atoms with E-state index in [-0.39, 0.29) is 0 Å². The molecule has 12 rings (SSSR count). The number of fused-ring (bicyclic) bond motifs is 15. The first-order valence-electron chi connectivity index (χ1n) is 17.9. The van der Waals surface area contributed by atoms with Crippen molar-refractivity contribution in [3.8, 4) is 45.1 Å². The summed E-state index contributed by atoms with van der Waals surface area (Å²) in [5.74, 6) is 1.71. The van der Waals surface area contributed by atoms with Gasteiger partial charge in [0, 0.05) is 56.3 Å². The third kappa shape index (κ3) is 3.88. The number of rotatable bonds is 2. The van der Waals surface area contributed by atoms with Gasteiger partial charge in [-0.15, -0.1) is 0 Å². The van der Waals surface area contributed by atoms with Crippen LogP contribution in [0.1, 0.15) is 22.3 Å². The molecule has 0 saturated carbocycles. The molecule has 10 aromatic rings. The maximum absolute atomic E-state index is 6.77. The van der Waals surface area contributed by atoms with Crippen LogP contribution in [0.5, 0.6) is 11.5 Å². The van der Waals surface area contributed by atoms with Gasteiger partial charge >= 0.3 is 0 Å². The van der Waals surface area contributed by atoms with Gasteiger partial charge in [-0.3, -0.25) is 9.97 Å². The largest absolute Gasteiger partial charge is 0.457 e. The third-order valence-corrected chi connectivity index (χ3v) is 11.4. The van der Waals surface area contributed by atoms with Crippen molar-refractivity contribution in [3.05, 3.63) is 186 Å². The van der Waals surface area contributed by atoms with E-state index in [4.69, 9.17) is 19.7 Å². The topological polar surface area (TPSA) is 63.7 Å². The molecule has 1 N–H and O–H groups in total. The molecule has 1 unspecified atom stereocenters. The average molecular weight is 677 g/mol. The maximum atomic E-state index is 6.77. The summed E-state index contributed by atoms with van der Waals surface area (Å²) in [5, 5.41) is 4.41. The molecule has 0 radical (unpaired) electrons. The monoisotopic (exact) mass is 676 g/mol. The van der Waals surface area contributed by atoms with Gasteiger partial charge in [0.15, 0.2) is 0 Å². The highest BCUT2D eigenvalue weighted by Gasteiger charge is 2.51. The minimum atomic E-state index is -0.634. The summed E-state index contributed by atoms with van der Waals surface area (Å²) in [5.41, 5.74) is 14.4. The molecule has 0 amide bonds. The van der Waals surface area contributed by atoms with E-state index in [2.05, 4.69) is 151 Å². The third-order valence-electron chi connectivity index (χ3n) is 11.4. The van der Waals surface area contributed by atoms with Crippen LogP contribution in [0.4, 0.5) is 0 Å². The van der Waals surface area contributed by atoms with Crippen molar-refractivity contribution in [2.45, 2.75) is 5.41 Å². The Bertz CT molecular complexity index is 3180. The zero-order chi connectivity index (χ0) is 34.7. The van der Waals surface area contributed by atoms with Crippen LogP contribution in [0.3, 0.4) is 0 Å². The smallest absolute Gasteiger partial charge is 0.132 e. The predicted molar refractivity (Wildman–Crippen MR) is 212 cm³/mol. The molecular weight excluding hydrogens is 649 g/mol. The number of aromatic amines is 1. The zero-order valence-electron chi connectivity index (χ0n) is 28.3. The first kappa shape index (κ1) is 28.6. The van der Waals surface area contributed by atoms with Crippen LogP contribution in [0.15, 0.2) is 164 Å². The Morgan fingerprint density at radius 3 is 2.09 bits per heavy atom. The SMILES string of the molecule is c1ccc2c(c1)Oc1ccc(-c3ccc4ccc5cccnc5c4n3)cc1C21c2ccccc2-c2ccc(-c3ccc4ccc5ccnc5c4[nH]3)cc21. The van der Waals surface area contributed by atoms with Gasteiger partial charge in [-0.25, -0.2) is 4.98 Å². The van der Waals surface area contributed by atoms with Crippen molar-refractivity contribution in [2.75, 3.05) is 0 Å². The lowest BCUT2D eigenvalue weighted by atomic mass is 9.65. The van der Waals surface area contributed by atoms with Crippen LogP contribution in [0, 0.1) is 0 Å². The fourth-order valence-electron chi connectivity index (χ4n) is 8.99. The number of aromatic nitrogens is 4. The van der Waals surface area contributed by atoms with E-state index in [1.165, 1.54) is 22.3 Å². The minimum Gasteiger partial charge on any atom is -0.457 e. The number of nitrogens with zero attached hydrogens (tertiary/aromatic N) is 3. The van der Waals surface area contributed by atoms with Crippen molar-refractivity contribution in [3.63, 3.8) is 0 Å². The normalized spacial score (nSPS) is 15.4. The molecule has 5 nitrogen and oxygen atoms in total. The molecule has 4 aromatic heterocycles. The van der Waals surface area contributed by atoms with Gasteiger partial charge in [0.05, 0.1) is 33.2 Å². The highest BCUT2D eigenvalue weighted by Crippen LogP contribution is 2.62. The molecule has 1 atom stereocenters. The van der Waals surface area contributed by atoms with E-state index in [0.29, 0.717) is 0 Å². The number of ether oxygens (including phenoxy) is 1. The molecule has 6 aromatic carbocycles. The summed E-state index contributed by atoms with van der Waals surface area (Å²) in [7, 11) is 0. The Hall–Kier alpha value is -7.11. The van der Waals surface area contributed by atoms with E-state index in [9.17, 15) is 0 Å². The van der Waals surface area contributed by atoms with Gasteiger partial charge in [0.25, 0.3) is 0 Å². The predicted octanol–water partition coefficient (Wildman–Crippen LogP) is 11.6. The first-order valence-corrected chi connectivity index (χ1v) is 17.9. The Labute approximate surface area is 304 Å². The molecule has 246 valence electrons. The van der Waals surface area contributed by atoms with Crippen molar-refractivity contribution >= 4 is 43.6 Å². The summed E-state index contributed by atoms with van der Waals surface area (Å²) in [6.45, 7) is 0. The van der Waals surface area contributed by atoms with Crippen molar-refractivity contribution in [2.24, 2.45) is 0 Å². The lowest BCUT2D eigenvalue weighted by Crippen LogP contribution is -2.32. The Balaban J connectivity index is 1.12. The summed E-state index contributed by atoms with van der Waals surface area (Å²) in [6, 6.07) is 54.1. The Morgan fingerprint density at radius 2 is 1.15 bits per heavy atom. The minimum absolute atomic E-state index is 0.634. The fourth-order valence-corrected chi connectivity index (χ4v) is 8.99. The maximum Gasteiger partial charge on any atom is 0.132 e. The van der Waals surface area contributed by atoms with Gasteiger partial charge in [-0.2, -0.15) is 0 Å². The number of hydrogen-bond donors (Lipinski definition) is 1. The molecule has 2 aliphatic rings. The van der Waals surface area contributed by atoms with Gasteiger partial charge in [-0.1, -0.05) is 97.1 Å². The number of nitrogens with one attached hydrogen (secondary N) is 1. The Kier molecular flexibility index (Phi) is 5.64. The second-order valence-corrected chi connectivity index (χ2v) is 14.1. The summed E-state index contributed by atoms with van der Waals surface area (Å²) in [4.78, 5) is 18.4. The fraction of sp³-hybridized carbons (Fsp3) is 0.0208. The molecule has 1 spiro atoms. The average Bonchev–Trinajstić information content (AvgIpc) is 3.82. The quantitative estimate of drug-likeness (QED) is 0.185. The summed E-state index contributed by atoms with van der Waals surface area (Å²) < 4.78 is 6.77. The standard InChI is InChI=1S/C48H28N4O/c1-2-8-36-34(7-1)35-19-15-32(40-20-16-30-13-14-31-23-25-50-45(31)47(30)51-40)26-38(35)48(36)37-9-3-4-10-42(37)53-43-22-18-33(27-39(43)48)41-21-17-29-12-11-28-6-5-24-49-44(28)46(29)52-41/h1-27,51H. The van der Waals surface area contributed by atoms with E-state index in [1.807, 2.05) is 18.5 Å². The summed E-state index contributed by atoms with van der Waals surface area (Å²) >= 11 is 0. The van der Waals surface area contributed by atoms with Gasteiger partial charge in [0.1, 0.15) is 11.5 Å². The number of benzene rings is 6. The molecular formula is C48H28N4O. The molecule has 5 heteroatoms. The molecule has 0 bridgehead atoms. The molecule has 0 fully saturated rings. The van der Waals surface area contributed by atoms with E-state index in [1.54, 1.807) is 0 Å². The van der Waals surface area contributed by atoms with Crippen molar-refractivity contribution < 1.29 is 4.74 Å². The first-order chi connectivity index (χ1) is 26.2. The molecule has 53 heavy (non-hydrogen) atoms. The molecule has 0 saturated heterocycles. The van der Waals surface area contributed by atoms with Crippen molar-refractivity contribution in [1.82, 2.24) is 19.9 Å². The van der Waals surface area contributed by atoms with Crippen LogP contribution in [0.25, 0.3) is 77.3 Å². The van der Waals surface area contributed by atoms with Gasteiger partial charge in [0.2, 0.25) is 0 Å². The number of H-pyrrole nitrogens is 1. The highest BCUT2D eigenvalue weighted by molar-refractivity contribution is 6.05. The zero-order valence-corrected chi connectivity index (χ0v) is 28.3. The van der Waals surface area contributed by atoms with Gasteiger partial charge < -0.3 is 9.72 Å². The van der Waals surface area contributed by atoms with Crippen LogP contribution in [-0.2, 0) is 5.41 Å². The summed E-state index contributed by atoms with van der Waals surface area (Å²) in [6.07, 6.45) is 3.72.